The summed E-state index contributed by atoms with van der Waals surface area (Å²) in [6.07, 6.45) is 0. The number of fused-ring (bicyclic) bond motifs is 1. The Labute approximate surface area is 118 Å². The van der Waals surface area contributed by atoms with Crippen LogP contribution >= 0.6 is 11.6 Å². The normalized spacial score (nSPS) is 16.8. The van der Waals surface area contributed by atoms with Crippen LogP contribution in [0.2, 0.25) is 0 Å². The molecule has 2 nitrogen and oxygen atoms in total. The third kappa shape index (κ3) is 2.54. The molecule has 0 aromatic heterocycles. The van der Waals surface area contributed by atoms with Gasteiger partial charge < -0.3 is 10.1 Å². The molecule has 1 N–H and O–H groups in total. The average Bonchev–Trinajstić information content (AvgIpc) is 2.89. The van der Waals surface area contributed by atoms with E-state index in [2.05, 4.69) is 29.6 Å². The molecule has 1 aliphatic heterocycles. The largest absolute Gasteiger partial charge is 0.493 e. The zero-order chi connectivity index (χ0) is 13.1. The Morgan fingerprint density at radius 2 is 1.89 bits per heavy atom. The van der Waals surface area contributed by atoms with Crippen LogP contribution in [0.1, 0.15) is 17.0 Å². The third-order valence-electron chi connectivity index (χ3n) is 3.50. The van der Waals surface area contributed by atoms with E-state index < -0.39 is 0 Å². The summed E-state index contributed by atoms with van der Waals surface area (Å²) in [6, 6.07) is 16.4. The van der Waals surface area contributed by atoms with E-state index in [4.69, 9.17) is 16.3 Å². The highest BCUT2D eigenvalue weighted by atomic mass is 35.5. The average molecular weight is 274 g/mol. The summed E-state index contributed by atoms with van der Waals surface area (Å²) in [6.45, 7) is 1.61. The van der Waals surface area contributed by atoms with Crippen molar-refractivity contribution in [2.24, 2.45) is 0 Å². The fourth-order valence-electron chi connectivity index (χ4n) is 2.44. The molecule has 2 aromatic carbocycles. The quantitative estimate of drug-likeness (QED) is 0.850. The van der Waals surface area contributed by atoms with Crippen molar-refractivity contribution >= 4 is 17.3 Å². The lowest BCUT2D eigenvalue weighted by Gasteiger charge is -2.14. The maximum absolute atomic E-state index is 5.94. The molecule has 0 saturated carbocycles. The van der Waals surface area contributed by atoms with E-state index in [1.807, 2.05) is 24.3 Å². The first kappa shape index (κ1) is 12.4. The first-order chi connectivity index (χ1) is 9.38. The van der Waals surface area contributed by atoms with Crippen molar-refractivity contribution in [2.45, 2.75) is 11.8 Å². The number of alkyl halides is 1. The number of rotatable bonds is 4. The van der Waals surface area contributed by atoms with Crippen LogP contribution < -0.4 is 10.1 Å². The summed E-state index contributed by atoms with van der Waals surface area (Å²) in [7, 11) is 0. The van der Waals surface area contributed by atoms with Crippen LogP contribution in [0.3, 0.4) is 0 Å². The fraction of sp³-hybridized carbons (Fsp3) is 0.250. The molecule has 3 heteroatoms. The summed E-state index contributed by atoms with van der Waals surface area (Å²) < 4.78 is 5.69. The van der Waals surface area contributed by atoms with Gasteiger partial charge in [0.1, 0.15) is 5.75 Å². The summed E-state index contributed by atoms with van der Waals surface area (Å²) in [5, 5.41) is 3.48. The van der Waals surface area contributed by atoms with Crippen LogP contribution in [-0.2, 0) is 5.88 Å². The van der Waals surface area contributed by atoms with E-state index in [-0.39, 0.29) is 0 Å². The first-order valence-corrected chi connectivity index (χ1v) is 7.01. The molecule has 1 aliphatic rings. The van der Waals surface area contributed by atoms with Gasteiger partial charge in [0, 0.05) is 29.6 Å². The van der Waals surface area contributed by atoms with Gasteiger partial charge >= 0.3 is 0 Å². The highest BCUT2D eigenvalue weighted by Crippen LogP contribution is 2.33. The summed E-state index contributed by atoms with van der Waals surface area (Å²) >= 11 is 5.94. The molecule has 1 heterocycles. The second-order valence-corrected chi connectivity index (χ2v) is 4.98. The van der Waals surface area contributed by atoms with E-state index in [1.165, 1.54) is 5.56 Å². The van der Waals surface area contributed by atoms with Crippen molar-refractivity contribution in [1.29, 1.82) is 0 Å². The number of nitrogens with one attached hydrogen (secondary N) is 1. The second-order valence-electron chi connectivity index (χ2n) is 4.72. The minimum atomic E-state index is 0.402. The van der Waals surface area contributed by atoms with E-state index in [0.29, 0.717) is 11.8 Å². The molecule has 0 aliphatic carbocycles. The first-order valence-electron chi connectivity index (χ1n) is 6.48. The Kier molecular flexibility index (Phi) is 3.60. The van der Waals surface area contributed by atoms with E-state index >= 15 is 0 Å². The summed E-state index contributed by atoms with van der Waals surface area (Å²) in [5.74, 6) is 1.94. The van der Waals surface area contributed by atoms with Gasteiger partial charge in [0.25, 0.3) is 0 Å². The van der Waals surface area contributed by atoms with Gasteiger partial charge in [0.2, 0.25) is 0 Å². The Balaban J connectivity index is 1.71. The molecule has 0 bridgehead atoms. The van der Waals surface area contributed by atoms with Gasteiger partial charge in [-0.25, -0.2) is 0 Å². The second kappa shape index (κ2) is 5.54. The molecule has 0 fully saturated rings. The van der Waals surface area contributed by atoms with Crippen molar-refractivity contribution in [2.75, 3.05) is 18.5 Å². The number of benzene rings is 2. The number of hydrogen-bond donors (Lipinski definition) is 1. The van der Waals surface area contributed by atoms with Gasteiger partial charge in [0.05, 0.1) is 6.61 Å². The zero-order valence-corrected chi connectivity index (χ0v) is 11.4. The molecular weight excluding hydrogens is 258 g/mol. The van der Waals surface area contributed by atoms with Crippen molar-refractivity contribution in [3.8, 4) is 5.75 Å². The zero-order valence-electron chi connectivity index (χ0n) is 10.6. The van der Waals surface area contributed by atoms with Gasteiger partial charge in [-0.15, -0.1) is 11.6 Å². The van der Waals surface area contributed by atoms with Crippen LogP contribution in [0, 0.1) is 0 Å². The van der Waals surface area contributed by atoms with Gasteiger partial charge in [0.15, 0.2) is 0 Å². The van der Waals surface area contributed by atoms with Crippen molar-refractivity contribution < 1.29 is 4.74 Å². The SMILES string of the molecule is ClCc1ccccc1NCC1COc2ccccc21. The van der Waals surface area contributed by atoms with Crippen LogP contribution in [0.25, 0.3) is 0 Å². The smallest absolute Gasteiger partial charge is 0.122 e. The van der Waals surface area contributed by atoms with Gasteiger partial charge in [-0.2, -0.15) is 0 Å². The van der Waals surface area contributed by atoms with Crippen LogP contribution in [0.15, 0.2) is 48.5 Å². The van der Waals surface area contributed by atoms with Gasteiger partial charge in [-0.05, 0) is 17.7 Å². The summed E-state index contributed by atoms with van der Waals surface area (Å²) in [5.41, 5.74) is 3.54. The van der Waals surface area contributed by atoms with Gasteiger partial charge in [-0.3, -0.25) is 0 Å². The maximum atomic E-state index is 5.94. The topological polar surface area (TPSA) is 21.3 Å². The molecule has 0 spiro atoms. The fourth-order valence-corrected chi connectivity index (χ4v) is 2.67. The lowest BCUT2D eigenvalue weighted by Crippen LogP contribution is -2.14. The molecule has 3 rings (SSSR count). The predicted molar refractivity (Wildman–Crippen MR) is 79.2 cm³/mol. The molecule has 2 aromatic rings. The number of hydrogen-bond acceptors (Lipinski definition) is 2. The van der Waals surface area contributed by atoms with E-state index in [9.17, 15) is 0 Å². The summed E-state index contributed by atoms with van der Waals surface area (Å²) in [4.78, 5) is 0. The minimum absolute atomic E-state index is 0.402. The van der Waals surface area contributed by atoms with Crippen molar-refractivity contribution in [3.63, 3.8) is 0 Å². The molecule has 0 amide bonds. The maximum Gasteiger partial charge on any atom is 0.122 e. The lowest BCUT2D eigenvalue weighted by atomic mass is 10.0. The monoisotopic (exact) mass is 273 g/mol. The number of anilines is 1. The molecule has 98 valence electrons. The van der Waals surface area contributed by atoms with E-state index in [0.717, 1.165) is 30.2 Å². The molecule has 0 saturated heterocycles. The highest BCUT2D eigenvalue weighted by molar-refractivity contribution is 6.17. The standard InChI is InChI=1S/C16H16ClNO/c17-9-12-5-1-3-7-15(12)18-10-13-11-19-16-8-4-2-6-14(13)16/h1-8,13,18H,9-11H2. The number of halogens is 1. The number of ether oxygens (including phenoxy) is 1. The number of para-hydroxylation sites is 2. The molecule has 1 atom stereocenters. The third-order valence-corrected chi connectivity index (χ3v) is 3.79. The molecular formula is C16H16ClNO. The van der Waals surface area contributed by atoms with Gasteiger partial charge in [-0.1, -0.05) is 36.4 Å². The van der Waals surface area contributed by atoms with Crippen molar-refractivity contribution in [3.05, 3.63) is 59.7 Å². The van der Waals surface area contributed by atoms with Crippen LogP contribution in [0.4, 0.5) is 5.69 Å². The molecule has 1 unspecified atom stereocenters. The Hall–Kier alpha value is -1.67. The molecule has 0 radical (unpaired) electrons. The highest BCUT2D eigenvalue weighted by Gasteiger charge is 2.23. The van der Waals surface area contributed by atoms with Crippen molar-refractivity contribution in [1.82, 2.24) is 0 Å². The van der Waals surface area contributed by atoms with Crippen LogP contribution in [0.5, 0.6) is 5.75 Å². The van der Waals surface area contributed by atoms with E-state index in [1.54, 1.807) is 0 Å². The predicted octanol–water partition coefficient (Wildman–Crippen LogP) is 4.01. The molecule has 19 heavy (non-hydrogen) atoms. The Morgan fingerprint density at radius 3 is 2.79 bits per heavy atom. The lowest BCUT2D eigenvalue weighted by molar-refractivity contribution is 0.334. The van der Waals surface area contributed by atoms with Crippen LogP contribution in [-0.4, -0.2) is 13.2 Å². The minimum Gasteiger partial charge on any atom is -0.493 e. The Morgan fingerprint density at radius 1 is 1.11 bits per heavy atom. The Bertz CT molecular complexity index is 570.